The van der Waals surface area contributed by atoms with Gasteiger partial charge in [0.1, 0.15) is 0 Å². The lowest BCUT2D eigenvalue weighted by molar-refractivity contribution is -0.118. The van der Waals surface area contributed by atoms with E-state index in [1.807, 2.05) is 36.1 Å². The van der Waals surface area contributed by atoms with Gasteiger partial charge in [0, 0.05) is 18.7 Å². The lowest BCUT2D eigenvalue weighted by Crippen LogP contribution is -2.40. The van der Waals surface area contributed by atoms with Gasteiger partial charge in [0.2, 0.25) is 5.91 Å². The molecular formula is C17H20N2O2. The monoisotopic (exact) mass is 284 g/mol. The Morgan fingerprint density at radius 1 is 1.38 bits per heavy atom. The first-order valence-electron chi connectivity index (χ1n) is 7.30. The molecule has 4 heteroatoms. The van der Waals surface area contributed by atoms with Crippen LogP contribution in [0.1, 0.15) is 44.7 Å². The van der Waals surface area contributed by atoms with Gasteiger partial charge in [-0.25, -0.2) is 0 Å². The Morgan fingerprint density at radius 3 is 2.86 bits per heavy atom. The van der Waals surface area contributed by atoms with Crippen LogP contribution in [0.4, 0.5) is 5.69 Å². The van der Waals surface area contributed by atoms with E-state index in [4.69, 9.17) is 0 Å². The molecule has 1 N–H and O–H groups in total. The minimum absolute atomic E-state index is 0.0831. The number of carbonyl (C=O) groups is 2. The Kier molecular flexibility index (Phi) is 4.99. The Bertz CT molecular complexity index is 598. The number of benzene rings is 1. The second-order valence-electron chi connectivity index (χ2n) is 5.04. The fourth-order valence-corrected chi connectivity index (χ4v) is 2.63. The molecule has 0 spiro atoms. The SMILES string of the molecule is CC#CC(=O)NC1CCN(C(=O)CCC)c2ccccc21. The van der Waals surface area contributed by atoms with Crippen molar-refractivity contribution in [2.45, 2.75) is 39.2 Å². The number of fused-ring (bicyclic) bond motifs is 1. The molecule has 1 unspecified atom stereocenters. The molecule has 1 heterocycles. The second-order valence-corrected chi connectivity index (χ2v) is 5.04. The van der Waals surface area contributed by atoms with Gasteiger partial charge in [0.15, 0.2) is 0 Å². The standard InChI is InChI=1S/C17H20N2O2/c1-3-7-16(20)18-14-11-12-19(17(21)8-4-2)15-10-6-5-9-13(14)15/h5-6,9-10,14H,4,8,11-12H2,1-2H3,(H,18,20). The second kappa shape index (κ2) is 6.94. The highest BCUT2D eigenvalue weighted by Crippen LogP contribution is 2.34. The number of hydrogen-bond donors (Lipinski definition) is 1. The zero-order valence-corrected chi connectivity index (χ0v) is 12.5. The number of amides is 2. The van der Waals surface area contributed by atoms with Crippen molar-refractivity contribution in [3.63, 3.8) is 0 Å². The van der Waals surface area contributed by atoms with Crippen LogP contribution in [0.25, 0.3) is 0 Å². The zero-order valence-electron chi connectivity index (χ0n) is 12.5. The van der Waals surface area contributed by atoms with Gasteiger partial charge in [-0.1, -0.05) is 31.0 Å². The quantitative estimate of drug-likeness (QED) is 0.867. The molecule has 0 saturated carbocycles. The van der Waals surface area contributed by atoms with Crippen molar-refractivity contribution in [3.05, 3.63) is 29.8 Å². The Balaban J connectivity index is 2.25. The van der Waals surface area contributed by atoms with Crippen LogP contribution in [0.2, 0.25) is 0 Å². The van der Waals surface area contributed by atoms with Crippen LogP contribution in [0, 0.1) is 11.8 Å². The number of nitrogens with zero attached hydrogens (tertiary/aromatic N) is 1. The third-order valence-corrected chi connectivity index (χ3v) is 3.55. The fraction of sp³-hybridized carbons (Fsp3) is 0.412. The molecule has 0 fully saturated rings. The van der Waals surface area contributed by atoms with Crippen molar-refractivity contribution in [1.82, 2.24) is 5.32 Å². The lowest BCUT2D eigenvalue weighted by atomic mass is 9.96. The highest BCUT2D eigenvalue weighted by atomic mass is 16.2. The highest BCUT2D eigenvalue weighted by Gasteiger charge is 2.28. The van der Waals surface area contributed by atoms with Crippen LogP contribution in [-0.2, 0) is 9.59 Å². The zero-order chi connectivity index (χ0) is 15.2. The predicted octanol–water partition coefficient (Wildman–Crippen LogP) is 2.40. The molecule has 2 amide bonds. The van der Waals surface area contributed by atoms with E-state index in [-0.39, 0.29) is 17.9 Å². The molecule has 0 saturated heterocycles. The minimum Gasteiger partial charge on any atom is -0.338 e. The number of carbonyl (C=O) groups excluding carboxylic acids is 2. The van der Waals surface area contributed by atoms with Gasteiger partial charge in [0.05, 0.1) is 6.04 Å². The lowest BCUT2D eigenvalue weighted by Gasteiger charge is -2.34. The molecule has 1 aliphatic rings. The molecule has 4 nitrogen and oxygen atoms in total. The molecule has 1 aromatic carbocycles. The molecule has 0 aliphatic carbocycles. The summed E-state index contributed by atoms with van der Waals surface area (Å²) in [5.41, 5.74) is 1.89. The summed E-state index contributed by atoms with van der Waals surface area (Å²) in [6.45, 7) is 4.26. The highest BCUT2D eigenvalue weighted by molar-refractivity contribution is 5.96. The van der Waals surface area contributed by atoms with E-state index < -0.39 is 0 Å². The number of nitrogens with one attached hydrogen (secondary N) is 1. The van der Waals surface area contributed by atoms with E-state index in [1.54, 1.807) is 6.92 Å². The van der Waals surface area contributed by atoms with Gasteiger partial charge in [-0.15, -0.1) is 0 Å². The van der Waals surface area contributed by atoms with E-state index in [2.05, 4.69) is 17.2 Å². The van der Waals surface area contributed by atoms with Gasteiger partial charge in [0.25, 0.3) is 5.91 Å². The van der Waals surface area contributed by atoms with Crippen LogP contribution < -0.4 is 10.2 Å². The maximum Gasteiger partial charge on any atom is 0.296 e. The predicted molar refractivity (Wildman–Crippen MR) is 82.7 cm³/mol. The molecule has 1 aromatic rings. The van der Waals surface area contributed by atoms with Gasteiger partial charge in [-0.2, -0.15) is 0 Å². The van der Waals surface area contributed by atoms with Crippen LogP contribution in [0.3, 0.4) is 0 Å². The molecule has 110 valence electrons. The topological polar surface area (TPSA) is 49.4 Å². The summed E-state index contributed by atoms with van der Waals surface area (Å²) >= 11 is 0. The largest absolute Gasteiger partial charge is 0.338 e. The first-order chi connectivity index (χ1) is 10.2. The normalized spacial score (nSPS) is 16.5. The van der Waals surface area contributed by atoms with Crippen molar-refractivity contribution >= 4 is 17.5 Å². The molecule has 0 radical (unpaired) electrons. The third kappa shape index (κ3) is 3.43. The number of para-hydroxylation sites is 1. The Labute approximate surface area is 125 Å². The smallest absolute Gasteiger partial charge is 0.296 e. The first-order valence-corrected chi connectivity index (χ1v) is 7.30. The van der Waals surface area contributed by atoms with Crippen molar-refractivity contribution in [2.24, 2.45) is 0 Å². The van der Waals surface area contributed by atoms with Crippen molar-refractivity contribution in [2.75, 3.05) is 11.4 Å². The summed E-state index contributed by atoms with van der Waals surface area (Å²) in [5, 5.41) is 2.92. The van der Waals surface area contributed by atoms with E-state index in [0.717, 1.165) is 17.7 Å². The first kappa shape index (κ1) is 15.1. The van der Waals surface area contributed by atoms with E-state index >= 15 is 0 Å². The number of anilines is 1. The average Bonchev–Trinajstić information content (AvgIpc) is 2.48. The molecule has 1 atom stereocenters. The summed E-state index contributed by atoms with van der Waals surface area (Å²) in [4.78, 5) is 25.7. The van der Waals surface area contributed by atoms with E-state index in [9.17, 15) is 9.59 Å². The molecule has 0 aromatic heterocycles. The van der Waals surface area contributed by atoms with E-state index in [0.29, 0.717) is 19.4 Å². The van der Waals surface area contributed by atoms with Crippen molar-refractivity contribution in [3.8, 4) is 11.8 Å². The van der Waals surface area contributed by atoms with Gasteiger partial charge in [-0.3, -0.25) is 9.59 Å². The molecule has 0 bridgehead atoms. The number of rotatable bonds is 3. The average molecular weight is 284 g/mol. The summed E-state index contributed by atoms with van der Waals surface area (Å²) in [6.07, 6.45) is 2.10. The third-order valence-electron chi connectivity index (χ3n) is 3.55. The maximum absolute atomic E-state index is 12.2. The molecule has 1 aliphatic heterocycles. The van der Waals surface area contributed by atoms with Crippen LogP contribution in [0.5, 0.6) is 0 Å². The summed E-state index contributed by atoms with van der Waals surface area (Å²) in [5.74, 6) is 4.96. The number of hydrogen-bond acceptors (Lipinski definition) is 2. The Morgan fingerprint density at radius 2 is 2.14 bits per heavy atom. The summed E-state index contributed by atoms with van der Waals surface area (Å²) in [6, 6.07) is 7.66. The molecule has 2 rings (SSSR count). The van der Waals surface area contributed by atoms with Gasteiger partial charge >= 0.3 is 0 Å². The molecular weight excluding hydrogens is 264 g/mol. The van der Waals surface area contributed by atoms with Crippen LogP contribution in [0.15, 0.2) is 24.3 Å². The van der Waals surface area contributed by atoms with Gasteiger partial charge in [-0.05, 0) is 37.3 Å². The van der Waals surface area contributed by atoms with Crippen LogP contribution in [-0.4, -0.2) is 18.4 Å². The minimum atomic E-state index is -0.273. The van der Waals surface area contributed by atoms with Crippen molar-refractivity contribution < 1.29 is 9.59 Å². The summed E-state index contributed by atoms with van der Waals surface area (Å²) in [7, 11) is 0. The fourth-order valence-electron chi connectivity index (χ4n) is 2.63. The van der Waals surface area contributed by atoms with Crippen molar-refractivity contribution in [1.29, 1.82) is 0 Å². The molecule has 21 heavy (non-hydrogen) atoms. The van der Waals surface area contributed by atoms with E-state index in [1.165, 1.54) is 0 Å². The maximum atomic E-state index is 12.2. The summed E-state index contributed by atoms with van der Waals surface area (Å²) < 4.78 is 0. The Hall–Kier alpha value is -2.28. The van der Waals surface area contributed by atoms with Crippen LogP contribution >= 0.6 is 0 Å². The van der Waals surface area contributed by atoms with Gasteiger partial charge < -0.3 is 10.2 Å².